The fourth-order valence-electron chi connectivity index (χ4n) is 2.37. The van der Waals surface area contributed by atoms with E-state index in [1.807, 2.05) is 0 Å². The van der Waals surface area contributed by atoms with Gasteiger partial charge in [-0.3, -0.25) is 9.59 Å². The van der Waals surface area contributed by atoms with E-state index in [1.165, 1.54) is 6.07 Å². The lowest BCUT2D eigenvalue weighted by atomic mass is 10.1. The number of thioether (sulfide) groups is 1. The van der Waals surface area contributed by atoms with Crippen LogP contribution >= 0.6 is 27.7 Å². The molecule has 0 spiro atoms. The summed E-state index contributed by atoms with van der Waals surface area (Å²) in [6.07, 6.45) is -4.57. The number of amides is 2. The quantitative estimate of drug-likeness (QED) is 0.706. The van der Waals surface area contributed by atoms with Crippen LogP contribution in [0.3, 0.4) is 0 Å². The number of halogens is 4. The van der Waals surface area contributed by atoms with Crippen LogP contribution in [0.5, 0.6) is 0 Å². The number of rotatable bonds is 3. The third kappa shape index (κ3) is 4.39. The van der Waals surface area contributed by atoms with Gasteiger partial charge in [-0.1, -0.05) is 15.9 Å². The average molecular weight is 445 g/mol. The van der Waals surface area contributed by atoms with Crippen molar-refractivity contribution >= 4 is 50.9 Å². The summed E-state index contributed by atoms with van der Waals surface area (Å²) in [6.45, 7) is 0. The largest absolute Gasteiger partial charge is 0.416 e. The molecule has 0 aliphatic carbocycles. The molecule has 0 saturated heterocycles. The number of fused-ring (bicyclic) bond motifs is 1. The lowest BCUT2D eigenvalue weighted by Gasteiger charge is -2.24. The van der Waals surface area contributed by atoms with Gasteiger partial charge in [-0.2, -0.15) is 13.2 Å². The summed E-state index contributed by atoms with van der Waals surface area (Å²) in [5.41, 5.74) is -0.127. The first-order valence-electron chi connectivity index (χ1n) is 7.46. The summed E-state index contributed by atoms with van der Waals surface area (Å²) >= 11 is 4.37. The molecule has 1 atom stereocenters. The molecule has 0 fully saturated rings. The Balaban J connectivity index is 1.68. The number of benzene rings is 2. The first-order chi connectivity index (χ1) is 12.2. The molecule has 0 saturated carbocycles. The third-order valence-electron chi connectivity index (χ3n) is 3.63. The van der Waals surface area contributed by atoms with Crippen LogP contribution in [0.1, 0.15) is 12.0 Å². The lowest BCUT2D eigenvalue weighted by molar-refractivity contribution is -0.137. The predicted molar refractivity (Wildman–Crippen MR) is 97.1 cm³/mol. The smallest absolute Gasteiger partial charge is 0.326 e. The van der Waals surface area contributed by atoms with Crippen LogP contribution in [-0.2, 0) is 15.8 Å². The van der Waals surface area contributed by atoms with Gasteiger partial charge in [0, 0.05) is 21.5 Å². The highest BCUT2D eigenvalue weighted by molar-refractivity contribution is 9.10. The Morgan fingerprint density at radius 1 is 1.19 bits per heavy atom. The Bertz CT molecular complexity index is 856. The Labute approximate surface area is 159 Å². The molecule has 0 radical (unpaired) electrons. The maximum atomic E-state index is 12.8. The van der Waals surface area contributed by atoms with Crippen molar-refractivity contribution in [2.75, 3.05) is 10.6 Å². The maximum absolute atomic E-state index is 12.8. The minimum absolute atomic E-state index is 0.0903. The van der Waals surface area contributed by atoms with E-state index in [0.717, 1.165) is 28.4 Å². The van der Waals surface area contributed by atoms with E-state index in [2.05, 4.69) is 26.6 Å². The molecule has 26 heavy (non-hydrogen) atoms. The van der Waals surface area contributed by atoms with Gasteiger partial charge in [0.2, 0.25) is 11.8 Å². The van der Waals surface area contributed by atoms with Crippen molar-refractivity contribution in [3.63, 3.8) is 0 Å². The number of carbonyl (C=O) groups is 2. The second-order valence-electron chi connectivity index (χ2n) is 5.56. The van der Waals surface area contributed by atoms with Gasteiger partial charge in [-0.15, -0.1) is 11.8 Å². The number of anilines is 2. The van der Waals surface area contributed by atoms with Crippen molar-refractivity contribution in [3.05, 3.63) is 52.5 Å². The van der Waals surface area contributed by atoms with Gasteiger partial charge in [-0.25, -0.2) is 0 Å². The number of alkyl halides is 3. The minimum atomic E-state index is -4.48. The number of nitrogens with one attached hydrogen (secondary N) is 2. The molecule has 2 N–H and O–H groups in total. The molecule has 1 aliphatic rings. The molecular formula is C17H12BrF3N2O2S. The van der Waals surface area contributed by atoms with Crippen molar-refractivity contribution in [2.45, 2.75) is 22.7 Å². The van der Waals surface area contributed by atoms with Crippen molar-refractivity contribution in [1.82, 2.24) is 0 Å². The van der Waals surface area contributed by atoms with Crippen molar-refractivity contribution in [3.8, 4) is 0 Å². The van der Waals surface area contributed by atoms with E-state index in [9.17, 15) is 22.8 Å². The zero-order valence-electron chi connectivity index (χ0n) is 13.1. The molecule has 0 bridgehead atoms. The summed E-state index contributed by atoms with van der Waals surface area (Å²) in [5, 5.41) is 4.43. The molecule has 1 aliphatic heterocycles. The zero-order chi connectivity index (χ0) is 18.9. The molecule has 2 aromatic carbocycles. The van der Waals surface area contributed by atoms with Gasteiger partial charge in [0.1, 0.15) is 0 Å². The second kappa shape index (κ2) is 7.32. The zero-order valence-corrected chi connectivity index (χ0v) is 15.5. The van der Waals surface area contributed by atoms with Crippen molar-refractivity contribution in [2.24, 2.45) is 0 Å². The number of carbonyl (C=O) groups excluding carboxylic acids is 2. The SMILES string of the molecule is O=C(C[C@H]1Sc2ccc(C(F)(F)F)cc2NC1=O)Nc1ccc(Br)cc1. The van der Waals surface area contributed by atoms with Gasteiger partial charge in [0.25, 0.3) is 0 Å². The average Bonchev–Trinajstić information content (AvgIpc) is 2.56. The summed E-state index contributed by atoms with van der Waals surface area (Å²) in [6, 6.07) is 10.1. The van der Waals surface area contributed by atoms with Gasteiger partial charge in [0.15, 0.2) is 0 Å². The first-order valence-corrected chi connectivity index (χ1v) is 9.14. The molecule has 0 unspecified atom stereocenters. The second-order valence-corrected chi connectivity index (χ2v) is 7.72. The summed E-state index contributed by atoms with van der Waals surface area (Å²) in [4.78, 5) is 24.8. The normalized spacial score (nSPS) is 16.6. The van der Waals surface area contributed by atoms with E-state index in [4.69, 9.17) is 0 Å². The van der Waals surface area contributed by atoms with E-state index in [1.54, 1.807) is 24.3 Å². The van der Waals surface area contributed by atoms with E-state index < -0.39 is 22.9 Å². The highest BCUT2D eigenvalue weighted by Crippen LogP contribution is 2.40. The number of hydrogen-bond acceptors (Lipinski definition) is 3. The van der Waals surface area contributed by atoms with Crippen LogP contribution in [0.15, 0.2) is 51.8 Å². The number of hydrogen-bond donors (Lipinski definition) is 2. The molecule has 3 rings (SSSR count). The first kappa shape index (κ1) is 18.8. The Hall–Kier alpha value is -2.00. The molecule has 0 aromatic heterocycles. The van der Waals surface area contributed by atoms with Crippen LogP contribution < -0.4 is 10.6 Å². The van der Waals surface area contributed by atoms with Gasteiger partial charge in [0.05, 0.1) is 16.5 Å². The Kier molecular flexibility index (Phi) is 5.29. The van der Waals surface area contributed by atoms with Crippen molar-refractivity contribution < 1.29 is 22.8 Å². The van der Waals surface area contributed by atoms with Crippen LogP contribution in [-0.4, -0.2) is 17.1 Å². The Morgan fingerprint density at radius 2 is 1.88 bits per heavy atom. The highest BCUT2D eigenvalue weighted by Gasteiger charge is 2.34. The Morgan fingerprint density at radius 3 is 2.54 bits per heavy atom. The standard InChI is InChI=1S/C17H12BrF3N2O2S/c18-10-2-4-11(5-3-10)22-15(24)8-14-16(25)23-12-7-9(17(19,20)21)1-6-13(12)26-14/h1-7,14H,8H2,(H,22,24)(H,23,25)/t14-/m1/s1. The third-order valence-corrected chi connectivity index (χ3v) is 5.43. The van der Waals surface area contributed by atoms with E-state index >= 15 is 0 Å². The lowest BCUT2D eigenvalue weighted by Crippen LogP contribution is -2.32. The van der Waals surface area contributed by atoms with Crippen molar-refractivity contribution in [1.29, 1.82) is 0 Å². The van der Waals surface area contributed by atoms with Gasteiger partial charge in [-0.05, 0) is 42.5 Å². The van der Waals surface area contributed by atoms with Crippen LogP contribution in [0.2, 0.25) is 0 Å². The van der Waals surface area contributed by atoms with E-state index in [-0.39, 0.29) is 18.0 Å². The van der Waals surface area contributed by atoms with Gasteiger partial charge < -0.3 is 10.6 Å². The molecule has 9 heteroatoms. The van der Waals surface area contributed by atoms with Crippen LogP contribution in [0.4, 0.5) is 24.5 Å². The summed E-state index contributed by atoms with van der Waals surface area (Å²) in [7, 11) is 0. The predicted octanol–water partition coefficient (Wildman–Crippen LogP) is 4.91. The molecule has 2 aromatic rings. The topological polar surface area (TPSA) is 58.2 Å². The molecule has 4 nitrogen and oxygen atoms in total. The van der Waals surface area contributed by atoms with E-state index in [0.29, 0.717) is 10.6 Å². The molecule has 136 valence electrons. The minimum Gasteiger partial charge on any atom is -0.326 e. The van der Waals surface area contributed by atoms with Crippen LogP contribution in [0, 0.1) is 0 Å². The fraction of sp³-hybridized carbons (Fsp3) is 0.176. The summed E-state index contributed by atoms with van der Waals surface area (Å²) in [5.74, 6) is -0.844. The van der Waals surface area contributed by atoms with Gasteiger partial charge >= 0.3 is 6.18 Å². The highest BCUT2D eigenvalue weighted by atomic mass is 79.9. The maximum Gasteiger partial charge on any atom is 0.416 e. The van der Waals surface area contributed by atoms with Crippen LogP contribution in [0.25, 0.3) is 0 Å². The molecule has 2 amide bonds. The monoisotopic (exact) mass is 444 g/mol. The molecular weight excluding hydrogens is 433 g/mol. The summed E-state index contributed by atoms with van der Waals surface area (Å²) < 4.78 is 39.1. The fourth-order valence-corrected chi connectivity index (χ4v) is 3.73. The molecule has 1 heterocycles.